The highest BCUT2D eigenvalue weighted by molar-refractivity contribution is 5.54. The van der Waals surface area contributed by atoms with Crippen LogP contribution in [0.4, 0.5) is 18.9 Å². The molecule has 0 fully saturated rings. The molecule has 0 aliphatic heterocycles. The molecule has 1 N–H and O–H groups in total. The molecule has 0 saturated heterocycles. The van der Waals surface area contributed by atoms with Crippen LogP contribution in [0.3, 0.4) is 0 Å². The molecule has 1 aromatic carbocycles. The summed E-state index contributed by atoms with van der Waals surface area (Å²) in [4.78, 5) is 0. The molecule has 0 aliphatic carbocycles. The third-order valence-corrected chi connectivity index (χ3v) is 2.68. The summed E-state index contributed by atoms with van der Waals surface area (Å²) in [6.45, 7) is 2.38. The van der Waals surface area contributed by atoms with E-state index in [0.29, 0.717) is 12.3 Å². The number of halogens is 3. The van der Waals surface area contributed by atoms with Gasteiger partial charge >= 0.3 is 6.18 Å². The molecule has 19 heavy (non-hydrogen) atoms. The molecule has 0 heterocycles. The Hall–Kier alpha value is -1.74. The lowest BCUT2D eigenvalue weighted by Crippen LogP contribution is -2.24. The van der Waals surface area contributed by atoms with Crippen molar-refractivity contribution < 1.29 is 17.9 Å². The Labute approximate surface area is 110 Å². The molecule has 0 aliphatic rings. The van der Waals surface area contributed by atoms with Crippen LogP contribution >= 0.6 is 0 Å². The van der Waals surface area contributed by atoms with Gasteiger partial charge < -0.3 is 10.1 Å². The second-order valence-electron chi connectivity index (χ2n) is 4.07. The van der Waals surface area contributed by atoms with Crippen LogP contribution in [0.1, 0.15) is 24.5 Å². The van der Waals surface area contributed by atoms with Gasteiger partial charge in [-0.2, -0.15) is 18.4 Å². The number of anilines is 1. The average Bonchev–Trinajstić information content (AvgIpc) is 2.36. The van der Waals surface area contributed by atoms with Crippen molar-refractivity contribution in [3.63, 3.8) is 0 Å². The van der Waals surface area contributed by atoms with Gasteiger partial charge in [0.2, 0.25) is 0 Å². The van der Waals surface area contributed by atoms with Gasteiger partial charge in [-0.1, -0.05) is 6.92 Å². The maximum atomic E-state index is 12.6. The molecule has 0 spiro atoms. The molecule has 1 aromatic rings. The highest BCUT2D eigenvalue weighted by atomic mass is 19.4. The fourth-order valence-electron chi connectivity index (χ4n) is 1.67. The zero-order valence-electron chi connectivity index (χ0n) is 10.7. The van der Waals surface area contributed by atoms with Gasteiger partial charge in [-0.3, -0.25) is 0 Å². The van der Waals surface area contributed by atoms with Crippen LogP contribution in [0, 0.1) is 11.3 Å². The standard InChI is InChI=1S/C13H15F3N2O/c1-3-10(8-19-2)18-11-4-5-12(13(14,15)16)9(6-11)7-17/h4-6,10,18H,3,8H2,1-2H3. The van der Waals surface area contributed by atoms with Crippen molar-refractivity contribution in [3.8, 4) is 6.07 Å². The van der Waals surface area contributed by atoms with Crippen molar-refractivity contribution in [1.29, 1.82) is 5.26 Å². The molecule has 0 amide bonds. The number of hydrogen-bond acceptors (Lipinski definition) is 3. The maximum absolute atomic E-state index is 12.6. The smallest absolute Gasteiger partial charge is 0.383 e. The van der Waals surface area contributed by atoms with E-state index in [4.69, 9.17) is 10.00 Å². The van der Waals surface area contributed by atoms with E-state index in [-0.39, 0.29) is 11.6 Å². The summed E-state index contributed by atoms with van der Waals surface area (Å²) in [5.41, 5.74) is -0.821. The number of benzene rings is 1. The zero-order chi connectivity index (χ0) is 14.5. The number of ether oxygens (including phenoxy) is 1. The first-order valence-corrected chi connectivity index (χ1v) is 5.79. The molecular formula is C13H15F3N2O. The van der Waals surface area contributed by atoms with Crippen molar-refractivity contribution in [1.82, 2.24) is 0 Å². The van der Waals surface area contributed by atoms with E-state index in [2.05, 4.69) is 5.32 Å². The third-order valence-electron chi connectivity index (χ3n) is 2.68. The van der Waals surface area contributed by atoms with Crippen molar-refractivity contribution in [2.75, 3.05) is 19.0 Å². The summed E-state index contributed by atoms with van der Waals surface area (Å²) in [7, 11) is 1.55. The Morgan fingerprint density at radius 2 is 2.11 bits per heavy atom. The molecule has 6 heteroatoms. The lowest BCUT2D eigenvalue weighted by atomic mass is 10.1. The summed E-state index contributed by atoms with van der Waals surface area (Å²) in [6, 6.07) is 5.02. The van der Waals surface area contributed by atoms with Crippen molar-refractivity contribution >= 4 is 5.69 Å². The molecule has 1 unspecified atom stereocenters. The van der Waals surface area contributed by atoms with Gasteiger partial charge in [0.05, 0.1) is 23.8 Å². The molecular weight excluding hydrogens is 257 g/mol. The molecule has 0 saturated carbocycles. The average molecular weight is 272 g/mol. The van der Waals surface area contributed by atoms with E-state index >= 15 is 0 Å². The molecule has 0 aromatic heterocycles. The Morgan fingerprint density at radius 3 is 2.58 bits per heavy atom. The van der Waals surface area contributed by atoms with Crippen molar-refractivity contribution in [2.45, 2.75) is 25.6 Å². The predicted octanol–water partition coefficient (Wildman–Crippen LogP) is 3.41. The van der Waals surface area contributed by atoms with Gasteiger partial charge in [-0.25, -0.2) is 0 Å². The van der Waals surface area contributed by atoms with Crippen LogP contribution in [0.5, 0.6) is 0 Å². The normalized spacial score (nSPS) is 12.8. The van der Waals surface area contributed by atoms with Gasteiger partial charge in [0.1, 0.15) is 0 Å². The largest absolute Gasteiger partial charge is 0.417 e. The van der Waals surface area contributed by atoms with Crippen LogP contribution < -0.4 is 5.32 Å². The lowest BCUT2D eigenvalue weighted by molar-refractivity contribution is -0.137. The Bertz CT molecular complexity index is 466. The van der Waals surface area contributed by atoms with Crippen LogP contribution in [0.15, 0.2) is 18.2 Å². The number of methoxy groups -OCH3 is 1. The fourth-order valence-corrected chi connectivity index (χ4v) is 1.67. The molecule has 0 radical (unpaired) electrons. The zero-order valence-corrected chi connectivity index (χ0v) is 10.7. The van der Waals surface area contributed by atoms with E-state index in [1.165, 1.54) is 12.1 Å². The second-order valence-corrected chi connectivity index (χ2v) is 4.07. The number of nitrogens with zero attached hydrogens (tertiary/aromatic N) is 1. The number of alkyl halides is 3. The summed E-state index contributed by atoms with van der Waals surface area (Å²) in [6.07, 6.45) is -3.75. The van der Waals surface area contributed by atoms with E-state index in [1.807, 2.05) is 6.92 Å². The first kappa shape index (κ1) is 15.3. The number of rotatable bonds is 5. The van der Waals surface area contributed by atoms with E-state index in [1.54, 1.807) is 13.2 Å². The van der Waals surface area contributed by atoms with Gasteiger partial charge in [-0.15, -0.1) is 0 Å². The molecule has 1 rings (SSSR count). The highest BCUT2D eigenvalue weighted by Gasteiger charge is 2.33. The summed E-state index contributed by atoms with van der Waals surface area (Å²) >= 11 is 0. The summed E-state index contributed by atoms with van der Waals surface area (Å²) in [5.74, 6) is 0. The minimum Gasteiger partial charge on any atom is -0.383 e. The van der Waals surface area contributed by atoms with Crippen LogP contribution in [0.25, 0.3) is 0 Å². The molecule has 1 atom stereocenters. The van der Waals surface area contributed by atoms with Gasteiger partial charge in [0.15, 0.2) is 0 Å². The quantitative estimate of drug-likeness (QED) is 0.893. The summed E-state index contributed by atoms with van der Waals surface area (Å²) < 4.78 is 42.9. The van der Waals surface area contributed by atoms with Crippen LogP contribution in [0.2, 0.25) is 0 Å². The van der Waals surface area contributed by atoms with Crippen molar-refractivity contribution in [2.24, 2.45) is 0 Å². The van der Waals surface area contributed by atoms with E-state index in [0.717, 1.165) is 12.5 Å². The number of hydrogen-bond donors (Lipinski definition) is 1. The minimum absolute atomic E-state index is 0.00622. The fraction of sp³-hybridized carbons (Fsp3) is 0.462. The second kappa shape index (κ2) is 6.43. The third kappa shape index (κ3) is 4.14. The predicted molar refractivity (Wildman–Crippen MR) is 65.7 cm³/mol. The van der Waals surface area contributed by atoms with E-state index in [9.17, 15) is 13.2 Å². The molecule has 3 nitrogen and oxygen atoms in total. The SMILES string of the molecule is CCC(COC)Nc1ccc(C(F)(F)F)c(C#N)c1. The Kier molecular flexibility index (Phi) is 5.19. The first-order valence-electron chi connectivity index (χ1n) is 5.79. The van der Waals surface area contributed by atoms with Crippen molar-refractivity contribution in [3.05, 3.63) is 29.3 Å². The number of nitrogens with one attached hydrogen (secondary N) is 1. The molecule has 0 bridgehead atoms. The highest BCUT2D eigenvalue weighted by Crippen LogP contribution is 2.33. The monoisotopic (exact) mass is 272 g/mol. The van der Waals surface area contributed by atoms with E-state index < -0.39 is 11.7 Å². The minimum atomic E-state index is -4.51. The van der Waals surface area contributed by atoms with Crippen LogP contribution in [-0.4, -0.2) is 19.8 Å². The Morgan fingerprint density at radius 1 is 1.42 bits per heavy atom. The Balaban J connectivity index is 2.98. The number of nitriles is 1. The van der Waals surface area contributed by atoms with Gasteiger partial charge in [-0.05, 0) is 24.6 Å². The topological polar surface area (TPSA) is 45.0 Å². The first-order chi connectivity index (χ1) is 8.92. The molecule has 104 valence electrons. The van der Waals surface area contributed by atoms with Crippen LogP contribution in [-0.2, 0) is 10.9 Å². The van der Waals surface area contributed by atoms with Gasteiger partial charge in [0.25, 0.3) is 0 Å². The summed E-state index contributed by atoms with van der Waals surface area (Å²) in [5, 5.41) is 11.8. The maximum Gasteiger partial charge on any atom is 0.417 e. The lowest BCUT2D eigenvalue weighted by Gasteiger charge is -2.18. The van der Waals surface area contributed by atoms with Gasteiger partial charge in [0, 0.05) is 18.8 Å².